The Balaban J connectivity index is 2.62. The molecule has 0 unspecified atom stereocenters. The Hall–Kier alpha value is -1.52. The molecule has 0 radical (unpaired) electrons. The summed E-state index contributed by atoms with van der Waals surface area (Å²) in [6, 6.07) is 0. The number of hydrogen-bond donors (Lipinski definition) is 2. The van der Waals surface area contributed by atoms with Gasteiger partial charge in [0.05, 0.1) is 17.9 Å². The minimum atomic E-state index is -0.377. The number of primary amides is 1. The molecule has 5 nitrogen and oxygen atoms in total. The minimum Gasteiger partial charge on any atom is -0.373 e. The molecule has 0 fully saturated rings. The number of nitrogens with one attached hydrogen (secondary N) is 1. The number of carbonyl (C=O) groups excluding carboxylic acids is 1. The van der Waals surface area contributed by atoms with E-state index in [1.807, 2.05) is 14.0 Å². The molecule has 0 saturated carbocycles. The molecule has 3 N–H and O–H groups in total. The summed E-state index contributed by atoms with van der Waals surface area (Å²) in [6.07, 6.45) is 1.80. The standard InChI is InChI=1S/C7H12N4O/c1-5-6(4-11(2)10-5)9-3-7(8)12/h4,9H,3H2,1-2H3,(H2,8,12). The molecule has 0 atom stereocenters. The highest BCUT2D eigenvalue weighted by atomic mass is 16.1. The molecule has 0 saturated heterocycles. The summed E-state index contributed by atoms with van der Waals surface area (Å²) in [5.41, 5.74) is 6.67. The van der Waals surface area contributed by atoms with Crippen LogP contribution in [0.15, 0.2) is 6.20 Å². The zero-order valence-electron chi connectivity index (χ0n) is 7.16. The third kappa shape index (κ3) is 1.98. The van der Waals surface area contributed by atoms with Gasteiger partial charge in [-0.15, -0.1) is 0 Å². The molecule has 5 heteroatoms. The van der Waals surface area contributed by atoms with E-state index in [2.05, 4.69) is 10.4 Å². The third-order valence-electron chi connectivity index (χ3n) is 1.47. The third-order valence-corrected chi connectivity index (χ3v) is 1.47. The van der Waals surface area contributed by atoms with Crippen molar-refractivity contribution in [2.45, 2.75) is 6.92 Å². The summed E-state index contributed by atoms with van der Waals surface area (Å²) in [5, 5.41) is 6.97. The smallest absolute Gasteiger partial charge is 0.236 e. The normalized spacial score (nSPS) is 9.83. The maximum atomic E-state index is 10.4. The van der Waals surface area contributed by atoms with E-state index >= 15 is 0 Å². The first-order valence-corrected chi connectivity index (χ1v) is 3.62. The largest absolute Gasteiger partial charge is 0.373 e. The van der Waals surface area contributed by atoms with Crippen molar-refractivity contribution in [2.75, 3.05) is 11.9 Å². The van der Waals surface area contributed by atoms with Gasteiger partial charge in [0.1, 0.15) is 0 Å². The molecule has 0 aliphatic rings. The number of nitrogens with zero attached hydrogens (tertiary/aromatic N) is 2. The van der Waals surface area contributed by atoms with E-state index in [9.17, 15) is 4.79 Å². The fraction of sp³-hybridized carbons (Fsp3) is 0.429. The van der Waals surface area contributed by atoms with Gasteiger partial charge in [0, 0.05) is 13.2 Å². The Labute approximate surface area is 70.5 Å². The van der Waals surface area contributed by atoms with Gasteiger partial charge < -0.3 is 11.1 Å². The van der Waals surface area contributed by atoms with Crippen LogP contribution in [0.5, 0.6) is 0 Å². The van der Waals surface area contributed by atoms with Crippen molar-refractivity contribution in [2.24, 2.45) is 12.8 Å². The zero-order chi connectivity index (χ0) is 9.14. The second kappa shape index (κ2) is 3.25. The van der Waals surface area contributed by atoms with Crippen molar-refractivity contribution in [3.63, 3.8) is 0 Å². The van der Waals surface area contributed by atoms with Crippen LogP contribution in [0.4, 0.5) is 5.69 Å². The van der Waals surface area contributed by atoms with Crippen molar-refractivity contribution >= 4 is 11.6 Å². The molecular weight excluding hydrogens is 156 g/mol. The van der Waals surface area contributed by atoms with E-state index in [1.54, 1.807) is 10.9 Å². The molecular formula is C7H12N4O. The first-order chi connectivity index (χ1) is 5.59. The summed E-state index contributed by atoms with van der Waals surface area (Å²) < 4.78 is 1.68. The first kappa shape index (κ1) is 8.58. The number of aromatic nitrogens is 2. The fourth-order valence-corrected chi connectivity index (χ4v) is 0.955. The van der Waals surface area contributed by atoms with E-state index in [0.717, 1.165) is 11.4 Å². The van der Waals surface area contributed by atoms with Crippen molar-refractivity contribution in [1.29, 1.82) is 0 Å². The zero-order valence-corrected chi connectivity index (χ0v) is 7.16. The van der Waals surface area contributed by atoms with E-state index in [1.165, 1.54) is 0 Å². The lowest BCUT2D eigenvalue weighted by Gasteiger charge is -1.99. The first-order valence-electron chi connectivity index (χ1n) is 3.62. The number of carbonyl (C=O) groups is 1. The predicted molar refractivity (Wildman–Crippen MR) is 45.6 cm³/mol. The van der Waals surface area contributed by atoms with Crippen LogP contribution in [0.25, 0.3) is 0 Å². The Bertz CT molecular complexity index is 292. The number of amides is 1. The number of rotatable bonds is 3. The van der Waals surface area contributed by atoms with Crippen LogP contribution in [-0.2, 0) is 11.8 Å². The molecule has 1 aromatic rings. The van der Waals surface area contributed by atoms with E-state index in [4.69, 9.17) is 5.73 Å². The lowest BCUT2D eigenvalue weighted by atomic mass is 10.4. The molecule has 1 heterocycles. The van der Waals surface area contributed by atoms with Gasteiger partial charge in [-0.3, -0.25) is 9.48 Å². The maximum Gasteiger partial charge on any atom is 0.236 e. The van der Waals surface area contributed by atoms with Gasteiger partial charge in [-0.25, -0.2) is 0 Å². The number of hydrogen-bond acceptors (Lipinski definition) is 3. The topological polar surface area (TPSA) is 72.9 Å². The fourth-order valence-electron chi connectivity index (χ4n) is 0.955. The number of aryl methyl sites for hydroxylation is 2. The van der Waals surface area contributed by atoms with Gasteiger partial charge in [0.15, 0.2) is 0 Å². The second-order valence-electron chi connectivity index (χ2n) is 2.62. The summed E-state index contributed by atoms with van der Waals surface area (Å²) in [5.74, 6) is -0.377. The highest BCUT2D eigenvalue weighted by Crippen LogP contribution is 2.09. The Morgan fingerprint density at radius 2 is 2.50 bits per heavy atom. The van der Waals surface area contributed by atoms with Gasteiger partial charge in [-0.1, -0.05) is 0 Å². The molecule has 0 aliphatic carbocycles. The average molecular weight is 168 g/mol. The number of nitrogens with two attached hydrogens (primary N) is 1. The summed E-state index contributed by atoms with van der Waals surface area (Å²) in [4.78, 5) is 10.4. The van der Waals surface area contributed by atoms with E-state index in [0.29, 0.717) is 0 Å². The van der Waals surface area contributed by atoms with Crippen LogP contribution < -0.4 is 11.1 Å². The molecule has 0 spiro atoms. The maximum absolute atomic E-state index is 10.4. The van der Waals surface area contributed by atoms with Crippen LogP contribution in [0, 0.1) is 6.92 Å². The molecule has 12 heavy (non-hydrogen) atoms. The molecule has 66 valence electrons. The quantitative estimate of drug-likeness (QED) is 0.646. The van der Waals surface area contributed by atoms with E-state index in [-0.39, 0.29) is 12.5 Å². The monoisotopic (exact) mass is 168 g/mol. The lowest BCUT2D eigenvalue weighted by molar-refractivity contribution is -0.116. The van der Waals surface area contributed by atoms with Gasteiger partial charge >= 0.3 is 0 Å². The summed E-state index contributed by atoms with van der Waals surface area (Å²) >= 11 is 0. The van der Waals surface area contributed by atoms with Crippen molar-refractivity contribution < 1.29 is 4.79 Å². The average Bonchev–Trinajstić information content (AvgIpc) is 2.26. The summed E-state index contributed by atoms with van der Waals surface area (Å²) in [7, 11) is 1.82. The van der Waals surface area contributed by atoms with Crippen LogP contribution in [0.2, 0.25) is 0 Å². The molecule has 0 bridgehead atoms. The van der Waals surface area contributed by atoms with Gasteiger partial charge in [0.25, 0.3) is 0 Å². The molecule has 1 amide bonds. The van der Waals surface area contributed by atoms with E-state index < -0.39 is 0 Å². The second-order valence-corrected chi connectivity index (χ2v) is 2.62. The Morgan fingerprint density at radius 3 is 2.92 bits per heavy atom. The highest BCUT2D eigenvalue weighted by Gasteiger charge is 2.02. The highest BCUT2D eigenvalue weighted by molar-refractivity contribution is 5.78. The van der Waals surface area contributed by atoms with Crippen LogP contribution >= 0.6 is 0 Å². The van der Waals surface area contributed by atoms with Gasteiger partial charge in [0.2, 0.25) is 5.91 Å². The van der Waals surface area contributed by atoms with Crippen molar-refractivity contribution in [3.05, 3.63) is 11.9 Å². The predicted octanol–water partition coefficient (Wildman–Crippen LogP) is -0.374. The molecule has 0 aliphatic heterocycles. The van der Waals surface area contributed by atoms with Crippen LogP contribution in [0.3, 0.4) is 0 Å². The van der Waals surface area contributed by atoms with Gasteiger partial charge in [-0.2, -0.15) is 5.10 Å². The van der Waals surface area contributed by atoms with Crippen molar-refractivity contribution in [3.8, 4) is 0 Å². The molecule has 1 rings (SSSR count). The lowest BCUT2D eigenvalue weighted by Crippen LogP contribution is -2.21. The van der Waals surface area contributed by atoms with Crippen LogP contribution in [0.1, 0.15) is 5.69 Å². The summed E-state index contributed by atoms with van der Waals surface area (Å²) in [6.45, 7) is 2.01. The molecule has 1 aromatic heterocycles. The Morgan fingerprint density at radius 1 is 1.83 bits per heavy atom. The Kier molecular flexibility index (Phi) is 2.32. The van der Waals surface area contributed by atoms with Gasteiger partial charge in [-0.05, 0) is 6.92 Å². The minimum absolute atomic E-state index is 0.145. The van der Waals surface area contributed by atoms with Crippen molar-refractivity contribution in [1.82, 2.24) is 9.78 Å². The molecule has 0 aromatic carbocycles. The number of anilines is 1. The SMILES string of the molecule is Cc1nn(C)cc1NCC(N)=O. The van der Waals surface area contributed by atoms with Crippen LogP contribution in [-0.4, -0.2) is 22.2 Å².